The van der Waals surface area contributed by atoms with Gasteiger partial charge < -0.3 is 30.1 Å². The molecule has 2 fully saturated rings. The molecule has 0 spiro atoms. The zero-order chi connectivity index (χ0) is 22.6. The number of ether oxygens (including phenoxy) is 1. The number of hydrogen-bond acceptors (Lipinski definition) is 6. The first-order valence-corrected chi connectivity index (χ1v) is 9.81. The molecule has 2 saturated carbocycles. The normalized spacial score (nSPS) is 27.4. The van der Waals surface area contributed by atoms with E-state index in [9.17, 15) is 14.4 Å². The Balaban J connectivity index is 0.000000298. The van der Waals surface area contributed by atoms with Gasteiger partial charge in [-0.25, -0.2) is 4.79 Å². The summed E-state index contributed by atoms with van der Waals surface area (Å²) in [5.74, 6) is -4.13. The summed E-state index contributed by atoms with van der Waals surface area (Å²) in [6.45, 7) is 9.26. The van der Waals surface area contributed by atoms with Crippen molar-refractivity contribution in [2.45, 2.75) is 64.6 Å². The Hall–Kier alpha value is -1.71. The maximum absolute atomic E-state index is 10.3. The third kappa shape index (κ3) is 5.90. The Morgan fingerprint density at radius 3 is 1.90 bits per heavy atom. The molecule has 2 aliphatic carbocycles. The Kier molecular flexibility index (Phi) is 8.21. The second-order valence-corrected chi connectivity index (χ2v) is 9.25. The first-order valence-electron chi connectivity index (χ1n) is 9.81. The highest BCUT2D eigenvalue weighted by Gasteiger charge is 2.61. The standard InChI is InChI=1S/C14H27NO.C6H8O7/c1-13(2)11-6-7-14(13,3)12(10-11)16-9-8-15(4)5;7-3(8)1-6(13,5(11)12)2-4(9)10/h11-12H,6-10H2,1-5H3;13H,1-2H2,(H,7,8)(H,9,10)(H,11,12). The van der Waals surface area contributed by atoms with Gasteiger partial charge in [-0.05, 0) is 50.1 Å². The molecule has 9 nitrogen and oxygen atoms in total. The molecule has 3 unspecified atom stereocenters. The molecule has 0 aliphatic heterocycles. The van der Waals surface area contributed by atoms with Crippen molar-refractivity contribution < 1.29 is 39.5 Å². The van der Waals surface area contributed by atoms with Crippen LogP contribution in [0.25, 0.3) is 0 Å². The van der Waals surface area contributed by atoms with Gasteiger partial charge in [0.2, 0.25) is 0 Å². The van der Waals surface area contributed by atoms with E-state index in [-0.39, 0.29) is 0 Å². The molecule has 2 aliphatic rings. The van der Waals surface area contributed by atoms with E-state index in [0.29, 0.717) is 16.9 Å². The number of nitrogens with zero attached hydrogens (tertiary/aromatic N) is 1. The summed E-state index contributed by atoms with van der Waals surface area (Å²) in [6, 6.07) is 0. The molecule has 0 amide bonds. The second-order valence-electron chi connectivity index (χ2n) is 9.25. The van der Waals surface area contributed by atoms with Gasteiger partial charge in [-0.3, -0.25) is 9.59 Å². The van der Waals surface area contributed by atoms with Crippen molar-refractivity contribution in [3.05, 3.63) is 0 Å². The number of carboxylic acid groups (broad SMARTS) is 3. The van der Waals surface area contributed by atoms with Crippen LogP contribution < -0.4 is 0 Å². The Bertz CT molecular complexity index is 602. The number of aliphatic carboxylic acids is 3. The van der Waals surface area contributed by atoms with Gasteiger partial charge in [0, 0.05) is 6.54 Å². The molecule has 4 N–H and O–H groups in total. The molecule has 9 heteroatoms. The van der Waals surface area contributed by atoms with Crippen molar-refractivity contribution >= 4 is 17.9 Å². The van der Waals surface area contributed by atoms with Gasteiger partial charge in [0.15, 0.2) is 5.60 Å². The average Bonchev–Trinajstić information content (AvgIpc) is 2.86. The summed E-state index contributed by atoms with van der Waals surface area (Å²) in [6.07, 6.45) is 2.27. The summed E-state index contributed by atoms with van der Waals surface area (Å²) in [4.78, 5) is 32.7. The highest BCUT2D eigenvalue weighted by atomic mass is 16.5. The van der Waals surface area contributed by atoms with Gasteiger partial charge in [0.25, 0.3) is 0 Å². The van der Waals surface area contributed by atoms with Crippen molar-refractivity contribution in [2.75, 3.05) is 27.2 Å². The Labute approximate surface area is 171 Å². The second kappa shape index (κ2) is 9.40. The lowest BCUT2D eigenvalue weighted by Crippen LogP contribution is -2.42. The molecule has 2 rings (SSSR count). The minimum atomic E-state index is -2.74. The van der Waals surface area contributed by atoms with Crippen molar-refractivity contribution in [1.82, 2.24) is 4.90 Å². The van der Waals surface area contributed by atoms with Crippen molar-refractivity contribution in [3.63, 3.8) is 0 Å². The van der Waals surface area contributed by atoms with Crippen LogP contribution in [0.2, 0.25) is 0 Å². The summed E-state index contributed by atoms with van der Waals surface area (Å²) in [7, 11) is 4.21. The quantitative estimate of drug-likeness (QED) is 0.439. The number of hydrogen-bond donors (Lipinski definition) is 4. The van der Waals surface area contributed by atoms with Gasteiger partial charge in [-0.1, -0.05) is 20.8 Å². The molecule has 3 atom stereocenters. The molecule has 0 heterocycles. The lowest BCUT2D eigenvalue weighted by molar-refractivity contribution is -0.170. The van der Waals surface area contributed by atoms with Crippen LogP contribution in [0.15, 0.2) is 0 Å². The number of fused-ring (bicyclic) bond motifs is 2. The van der Waals surface area contributed by atoms with Crippen LogP contribution in [0.5, 0.6) is 0 Å². The van der Waals surface area contributed by atoms with Crippen molar-refractivity contribution in [3.8, 4) is 0 Å². The van der Waals surface area contributed by atoms with Crippen LogP contribution in [0, 0.1) is 16.7 Å². The van der Waals surface area contributed by atoms with Crippen LogP contribution in [0.1, 0.15) is 52.9 Å². The number of likely N-dealkylation sites (N-methyl/N-ethyl adjacent to an activating group) is 1. The smallest absolute Gasteiger partial charge is 0.336 e. The largest absolute Gasteiger partial charge is 0.481 e. The molecule has 0 aromatic heterocycles. The molecule has 168 valence electrons. The van der Waals surface area contributed by atoms with Crippen LogP contribution in [0.4, 0.5) is 0 Å². The van der Waals surface area contributed by atoms with Crippen LogP contribution >= 0.6 is 0 Å². The van der Waals surface area contributed by atoms with Gasteiger partial charge in [0.05, 0.1) is 25.6 Å². The van der Waals surface area contributed by atoms with Gasteiger partial charge in [-0.15, -0.1) is 0 Å². The molecule has 29 heavy (non-hydrogen) atoms. The Morgan fingerprint density at radius 2 is 1.59 bits per heavy atom. The molecule has 0 radical (unpaired) electrons. The van der Waals surface area contributed by atoms with Crippen LogP contribution in [-0.4, -0.2) is 82.2 Å². The van der Waals surface area contributed by atoms with E-state index < -0.39 is 36.4 Å². The molecule has 2 bridgehead atoms. The average molecular weight is 417 g/mol. The van der Waals surface area contributed by atoms with E-state index in [1.54, 1.807) is 0 Å². The van der Waals surface area contributed by atoms with Crippen molar-refractivity contribution in [2.24, 2.45) is 16.7 Å². The van der Waals surface area contributed by atoms with Crippen LogP contribution in [0.3, 0.4) is 0 Å². The maximum atomic E-state index is 10.3. The summed E-state index contributed by atoms with van der Waals surface area (Å²) in [5, 5.41) is 33.8. The zero-order valence-electron chi connectivity index (χ0n) is 18.0. The molecule has 0 aromatic rings. The molecular formula is C20H35NO8. The van der Waals surface area contributed by atoms with Gasteiger partial charge in [-0.2, -0.15) is 0 Å². The summed E-state index contributed by atoms with van der Waals surface area (Å²) < 4.78 is 6.14. The number of carboxylic acids is 3. The van der Waals surface area contributed by atoms with Gasteiger partial charge in [0.1, 0.15) is 0 Å². The third-order valence-corrected chi connectivity index (χ3v) is 6.86. The third-order valence-electron chi connectivity index (χ3n) is 6.86. The van der Waals surface area contributed by atoms with Gasteiger partial charge >= 0.3 is 17.9 Å². The lowest BCUT2D eigenvalue weighted by Gasteiger charge is -2.39. The SMILES string of the molecule is CN(C)CCOC1CC2CCC1(C)C2(C)C.O=C(O)CC(O)(CC(=O)O)C(=O)O. The highest BCUT2D eigenvalue weighted by molar-refractivity contribution is 5.88. The fourth-order valence-corrected chi connectivity index (χ4v) is 4.47. The maximum Gasteiger partial charge on any atom is 0.336 e. The van der Waals surface area contributed by atoms with E-state index in [1.807, 2.05) is 0 Å². The lowest BCUT2D eigenvalue weighted by atomic mass is 9.70. The van der Waals surface area contributed by atoms with E-state index in [1.165, 1.54) is 19.3 Å². The first kappa shape index (κ1) is 25.3. The summed E-state index contributed by atoms with van der Waals surface area (Å²) in [5.41, 5.74) is -1.84. The molecule has 0 aromatic carbocycles. The molecular weight excluding hydrogens is 382 g/mol. The fourth-order valence-electron chi connectivity index (χ4n) is 4.47. The topological polar surface area (TPSA) is 145 Å². The monoisotopic (exact) mass is 417 g/mol. The van der Waals surface area contributed by atoms with Crippen molar-refractivity contribution in [1.29, 1.82) is 0 Å². The zero-order valence-corrected chi connectivity index (χ0v) is 18.0. The predicted octanol–water partition coefficient (Wildman–Crippen LogP) is 1.53. The fraction of sp³-hybridized carbons (Fsp3) is 0.850. The summed E-state index contributed by atoms with van der Waals surface area (Å²) >= 11 is 0. The minimum absolute atomic E-state index is 0.421. The first-order chi connectivity index (χ1) is 13.2. The number of carbonyl (C=O) groups is 3. The van der Waals surface area contributed by atoms with E-state index in [4.69, 9.17) is 25.2 Å². The number of aliphatic hydroxyl groups is 1. The van der Waals surface area contributed by atoms with E-state index in [2.05, 4.69) is 39.8 Å². The minimum Gasteiger partial charge on any atom is -0.481 e. The molecule has 0 saturated heterocycles. The van der Waals surface area contributed by atoms with E-state index >= 15 is 0 Å². The predicted molar refractivity (Wildman–Crippen MR) is 105 cm³/mol. The van der Waals surface area contributed by atoms with Crippen LogP contribution in [-0.2, 0) is 19.1 Å². The highest BCUT2D eigenvalue weighted by Crippen LogP contribution is 2.66. The Morgan fingerprint density at radius 1 is 1.07 bits per heavy atom. The van der Waals surface area contributed by atoms with E-state index in [0.717, 1.165) is 19.1 Å². The number of rotatable bonds is 9.